The Hall–Kier alpha value is -3.20. The second-order valence-corrected chi connectivity index (χ2v) is 7.89. The number of hydrogen-bond donors (Lipinski definition) is 1. The lowest BCUT2D eigenvalue weighted by molar-refractivity contribution is -0.117. The van der Waals surface area contributed by atoms with Gasteiger partial charge in [-0.25, -0.2) is 8.42 Å². The highest BCUT2D eigenvalue weighted by Crippen LogP contribution is 2.31. The summed E-state index contributed by atoms with van der Waals surface area (Å²) in [5.74, 6) is -0.239. The average molecular weight is 418 g/mol. The first-order valence-electron chi connectivity index (χ1n) is 8.99. The monoisotopic (exact) mass is 418 g/mol. The van der Waals surface area contributed by atoms with E-state index in [0.29, 0.717) is 18.0 Å². The summed E-state index contributed by atoms with van der Waals surface area (Å²) < 4.78 is 43.3. The molecule has 29 heavy (non-hydrogen) atoms. The van der Waals surface area contributed by atoms with Crippen LogP contribution in [0.4, 0.5) is 11.4 Å². The third-order valence-corrected chi connectivity index (χ3v) is 6.11. The van der Waals surface area contributed by atoms with E-state index in [-0.39, 0.29) is 29.5 Å². The topological polar surface area (TPSA) is 94.2 Å². The highest BCUT2D eigenvalue weighted by molar-refractivity contribution is 7.92. The fourth-order valence-electron chi connectivity index (χ4n) is 2.83. The zero-order valence-electron chi connectivity index (χ0n) is 16.1. The number of nitrogens with zero attached hydrogens (tertiary/aromatic N) is 1. The standard InChI is InChI=1S/C20H22N2O6S/c1-3-22(15-7-5-4-6-8-15)29(24,25)16-9-10-18(26-2)17(13-16)21-20(23)19-14-27-11-12-28-19/h4-10,13-14H,3,11-12H2,1-2H3,(H,21,23). The first-order valence-corrected chi connectivity index (χ1v) is 10.4. The Morgan fingerprint density at radius 2 is 1.93 bits per heavy atom. The fraction of sp³-hybridized carbons (Fsp3) is 0.250. The summed E-state index contributed by atoms with van der Waals surface area (Å²) in [5, 5.41) is 2.62. The van der Waals surface area contributed by atoms with E-state index in [1.807, 2.05) is 6.07 Å². The third-order valence-electron chi connectivity index (χ3n) is 4.21. The molecule has 1 N–H and O–H groups in total. The van der Waals surface area contributed by atoms with Crippen LogP contribution in [0.3, 0.4) is 0 Å². The van der Waals surface area contributed by atoms with Gasteiger partial charge < -0.3 is 19.5 Å². The second-order valence-electron chi connectivity index (χ2n) is 6.02. The van der Waals surface area contributed by atoms with Gasteiger partial charge in [-0.05, 0) is 37.3 Å². The van der Waals surface area contributed by atoms with E-state index in [0.717, 1.165) is 0 Å². The molecule has 0 unspecified atom stereocenters. The number of ether oxygens (including phenoxy) is 3. The molecule has 1 aliphatic heterocycles. The van der Waals surface area contributed by atoms with Gasteiger partial charge in [-0.3, -0.25) is 9.10 Å². The fourth-order valence-corrected chi connectivity index (χ4v) is 4.33. The maximum Gasteiger partial charge on any atom is 0.294 e. The molecule has 0 saturated heterocycles. The minimum absolute atomic E-state index is 0.00559. The Kier molecular flexibility index (Phi) is 6.28. The lowest BCUT2D eigenvalue weighted by Gasteiger charge is -2.23. The molecule has 1 amide bonds. The number of amides is 1. The van der Waals surface area contributed by atoms with Gasteiger partial charge in [0.05, 0.1) is 23.4 Å². The molecular weight excluding hydrogens is 396 g/mol. The molecule has 3 rings (SSSR count). The maximum atomic E-state index is 13.2. The number of sulfonamides is 1. The van der Waals surface area contributed by atoms with Crippen molar-refractivity contribution in [2.45, 2.75) is 11.8 Å². The molecule has 0 saturated carbocycles. The third kappa shape index (κ3) is 4.45. The summed E-state index contributed by atoms with van der Waals surface area (Å²) in [5.41, 5.74) is 0.757. The van der Waals surface area contributed by atoms with Crippen LogP contribution in [0.1, 0.15) is 6.92 Å². The van der Waals surface area contributed by atoms with Gasteiger partial charge in [-0.1, -0.05) is 18.2 Å². The molecule has 0 fully saturated rings. The second kappa shape index (κ2) is 8.87. The molecule has 0 aromatic heterocycles. The van der Waals surface area contributed by atoms with Crippen molar-refractivity contribution in [1.29, 1.82) is 0 Å². The van der Waals surface area contributed by atoms with E-state index in [4.69, 9.17) is 14.2 Å². The lowest BCUT2D eigenvalue weighted by atomic mass is 10.3. The van der Waals surface area contributed by atoms with Crippen molar-refractivity contribution >= 4 is 27.3 Å². The van der Waals surface area contributed by atoms with Crippen LogP contribution >= 0.6 is 0 Å². The number of carbonyl (C=O) groups excluding carboxylic acids is 1. The van der Waals surface area contributed by atoms with Crippen LogP contribution in [0.15, 0.2) is 65.4 Å². The summed E-state index contributed by atoms with van der Waals surface area (Å²) in [4.78, 5) is 12.4. The van der Waals surface area contributed by atoms with Crippen molar-refractivity contribution in [2.24, 2.45) is 0 Å². The predicted octanol–water partition coefficient (Wildman–Crippen LogP) is 2.74. The van der Waals surface area contributed by atoms with Crippen LogP contribution < -0.4 is 14.4 Å². The molecule has 154 valence electrons. The number of methoxy groups -OCH3 is 1. The zero-order chi connectivity index (χ0) is 20.9. The lowest BCUT2D eigenvalue weighted by Crippen LogP contribution is -2.30. The number of nitrogens with one attached hydrogen (secondary N) is 1. The summed E-state index contributed by atoms with van der Waals surface area (Å²) >= 11 is 0. The Balaban J connectivity index is 1.94. The Morgan fingerprint density at radius 1 is 1.17 bits per heavy atom. The molecular formula is C20H22N2O6S. The van der Waals surface area contributed by atoms with Gasteiger partial charge in [0.25, 0.3) is 15.9 Å². The first-order chi connectivity index (χ1) is 14.0. The van der Waals surface area contributed by atoms with Gasteiger partial charge in [0, 0.05) is 6.54 Å². The Bertz CT molecular complexity index is 1000. The zero-order valence-corrected chi connectivity index (χ0v) is 16.9. The van der Waals surface area contributed by atoms with Crippen molar-refractivity contribution in [1.82, 2.24) is 0 Å². The summed E-state index contributed by atoms with van der Waals surface area (Å²) in [6, 6.07) is 13.1. The van der Waals surface area contributed by atoms with Crippen LogP contribution in [-0.4, -0.2) is 41.2 Å². The Labute approximate surface area is 169 Å². The highest BCUT2D eigenvalue weighted by atomic mass is 32.2. The van der Waals surface area contributed by atoms with Crippen molar-refractivity contribution in [3.8, 4) is 5.75 Å². The number of para-hydroxylation sites is 1. The quantitative estimate of drug-likeness (QED) is 0.743. The number of rotatable bonds is 7. The average Bonchev–Trinajstić information content (AvgIpc) is 2.75. The van der Waals surface area contributed by atoms with Crippen LogP contribution in [0, 0.1) is 0 Å². The molecule has 0 radical (unpaired) electrons. The van der Waals surface area contributed by atoms with E-state index < -0.39 is 15.9 Å². The summed E-state index contributed by atoms with van der Waals surface area (Å²) in [6.45, 7) is 2.62. The van der Waals surface area contributed by atoms with Crippen molar-refractivity contribution in [3.05, 3.63) is 60.6 Å². The number of anilines is 2. The molecule has 0 atom stereocenters. The van der Waals surface area contributed by atoms with Crippen LogP contribution in [0.5, 0.6) is 5.75 Å². The highest BCUT2D eigenvalue weighted by Gasteiger charge is 2.25. The molecule has 0 bridgehead atoms. The van der Waals surface area contributed by atoms with Gasteiger partial charge in [0.2, 0.25) is 5.76 Å². The smallest absolute Gasteiger partial charge is 0.294 e. The molecule has 0 aliphatic carbocycles. The number of carbonyl (C=O) groups is 1. The molecule has 1 heterocycles. The van der Waals surface area contributed by atoms with Crippen molar-refractivity contribution in [3.63, 3.8) is 0 Å². The minimum atomic E-state index is -3.86. The van der Waals surface area contributed by atoms with E-state index >= 15 is 0 Å². The van der Waals surface area contributed by atoms with Crippen LogP contribution in [0.25, 0.3) is 0 Å². The van der Waals surface area contributed by atoms with Crippen LogP contribution in [0.2, 0.25) is 0 Å². The largest absolute Gasteiger partial charge is 0.495 e. The van der Waals surface area contributed by atoms with Crippen molar-refractivity contribution < 1.29 is 27.4 Å². The predicted molar refractivity (Wildman–Crippen MR) is 108 cm³/mol. The number of hydrogen-bond acceptors (Lipinski definition) is 6. The minimum Gasteiger partial charge on any atom is -0.495 e. The van der Waals surface area contributed by atoms with Gasteiger partial charge >= 0.3 is 0 Å². The molecule has 8 nitrogen and oxygen atoms in total. The van der Waals surface area contributed by atoms with E-state index in [1.165, 1.54) is 35.9 Å². The van der Waals surface area contributed by atoms with Gasteiger partial charge in [0.1, 0.15) is 25.2 Å². The molecule has 1 aliphatic rings. The Morgan fingerprint density at radius 3 is 2.55 bits per heavy atom. The summed E-state index contributed by atoms with van der Waals surface area (Å²) in [6.07, 6.45) is 1.22. The van der Waals surface area contributed by atoms with Crippen LogP contribution in [-0.2, 0) is 24.3 Å². The molecule has 2 aromatic carbocycles. The number of benzene rings is 2. The van der Waals surface area contributed by atoms with E-state index in [1.54, 1.807) is 31.2 Å². The molecule has 2 aromatic rings. The normalized spacial score (nSPS) is 13.5. The van der Waals surface area contributed by atoms with E-state index in [9.17, 15) is 13.2 Å². The maximum absolute atomic E-state index is 13.2. The van der Waals surface area contributed by atoms with Gasteiger partial charge in [-0.15, -0.1) is 0 Å². The SMILES string of the molecule is CCN(c1ccccc1)S(=O)(=O)c1ccc(OC)c(NC(=O)C2=COCCO2)c1. The van der Waals surface area contributed by atoms with Gasteiger partial charge in [-0.2, -0.15) is 0 Å². The summed E-state index contributed by atoms with van der Waals surface area (Å²) in [7, 11) is -2.42. The van der Waals surface area contributed by atoms with Crippen molar-refractivity contribution in [2.75, 3.05) is 36.5 Å². The molecule has 9 heteroatoms. The molecule has 0 spiro atoms. The van der Waals surface area contributed by atoms with Gasteiger partial charge in [0.15, 0.2) is 0 Å². The van der Waals surface area contributed by atoms with E-state index in [2.05, 4.69) is 5.32 Å². The first kappa shape index (κ1) is 20.5.